The molecule has 3 nitrogen and oxygen atoms in total. The number of ether oxygens (including phenoxy) is 1. The third-order valence-corrected chi connectivity index (χ3v) is 4.07. The van der Waals surface area contributed by atoms with Crippen LogP contribution in [-0.2, 0) is 6.42 Å². The van der Waals surface area contributed by atoms with Gasteiger partial charge in [0, 0.05) is 29.6 Å². The minimum atomic E-state index is 0.331. The van der Waals surface area contributed by atoms with Crippen LogP contribution >= 0.6 is 11.3 Å². The Bertz CT molecular complexity index is 499. The van der Waals surface area contributed by atoms with E-state index in [1.807, 2.05) is 18.3 Å². The Morgan fingerprint density at radius 2 is 2.30 bits per heavy atom. The molecule has 0 bridgehead atoms. The summed E-state index contributed by atoms with van der Waals surface area (Å²) in [6.07, 6.45) is 3.90. The first kappa shape index (κ1) is 15.0. The van der Waals surface area contributed by atoms with Crippen molar-refractivity contribution in [2.24, 2.45) is 0 Å². The average Bonchev–Trinajstić information content (AvgIpc) is 2.98. The molecule has 0 fully saturated rings. The van der Waals surface area contributed by atoms with Crippen LogP contribution in [0.2, 0.25) is 0 Å². The molecule has 0 aliphatic carbocycles. The van der Waals surface area contributed by atoms with Gasteiger partial charge in [-0.25, -0.2) is 4.98 Å². The number of thiophene rings is 1. The fourth-order valence-corrected chi connectivity index (χ4v) is 2.65. The van der Waals surface area contributed by atoms with Crippen molar-refractivity contribution in [1.29, 1.82) is 0 Å². The summed E-state index contributed by atoms with van der Waals surface area (Å²) in [4.78, 5) is 5.62. The molecule has 4 heteroatoms. The van der Waals surface area contributed by atoms with Crippen molar-refractivity contribution >= 4 is 11.3 Å². The van der Waals surface area contributed by atoms with Crippen LogP contribution in [0.4, 0.5) is 0 Å². The lowest BCUT2D eigenvalue weighted by molar-refractivity contribution is 0.309. The fourth-order valence-electron chi connectivity index (χ4n) is 1.96. The highest BCUT2D eigenvalue weighted by atomic mass is 32.1. The number of nitrogens with one attached hydrogen (secondary N) is 1. The van der Waals surface area contributed by atoms with Crippen LogP contribution in [0.5, 0.6) is 5.88 Å². The zero-order valence-corrected chi connectivity index (χ0v) is 13.0. The maximum absolute atomic E-state index is 5.74. The largest absolute Gasteiger partial charge is 0.477 e. The third-order valence-electron chi connectivity index (χ3n) is 3.14. The second-order valence-electron chi connectivity index (χ2n) is 4.78. The van der Waals surface area contributed by atoms with Crippen LogP contribution in [0.15, 0.2) is 35.8 Å². The Hall–Kier alpha value is -1.39. The lowest BCUT2D eigenvalue weighted by Gasteiger charge is -2.14. The summed E-state index contributed by atoms with van der Waals surface area (Å²) >= 11 is 1.76. The Morgan fingerprint density at radius 3 is 3.05 bits per heavy atom. The Balaban J connectivity index is 1.85. The van der Waals surface area contributed by atoms with Crippen molar-refractivity contribution in [2.45, 2.75) is 32.7 Å². The predicted molar refractivity (Wildman–Crippen MR) is 84.5 cm³/mol. The molecule has 1 unspecified atom stereocenters. The quantitative estimate of drug-likeness (QED) is 0.802. The fraction of sp³-hybridized carbons (Fsp3) is 0.438. The molecule has 0 aromatic carbocycles. The van der Waals surface area contributed by atoms with Gasteiger partial charge in [0.1, 0.15) is 0 Å². The van der Waals surface area contributed by atoms with E-state index in [2.05, 4.69) is 41.7 Å². The van der Waals surface area contributed by atoms with Gasteiger partial charge in [0.15, 0.2) is 0 Å². The maximum atomic E-state index is 5.74. The highest BCUT2D eigenvalue weighted by Gasteiger charge is 2.06. The summed E-state index contributed by atoms with van der Waals surface area (Å²) < 4.78 is 5.74. The molecule has 0 radical (unpaired) electrons. The summed E-state index contributed by atoms with van der Waals surface area (Å²) in [6, 6.07) is 8.60. The van der Waals surface area contributed by atoms with Gasteiger partial charge < -0.3 is 10.1 Å². The van der Waals surface area contributed by atoms with Gasteiger partial charge in [-0.15, -0.1) is 11.3 Å². The van der Waals surface area contributed by atoms with Gasteiger partial charge in [0.2, 0.25) is 5.88 Å². The predicted octanol–water partition coefficient (Wildman–Crippen LogP) is 3.83. The lowest BCUT2D eigenvalue weighted by Crippen LogP contribution is -2.19. The van der Waals surface area contributed by atoms with Crippen LogP contribution in [-0.4, -0.2) is 18.1 Å². The molecule has 0 spiro atoms. The van der Waals surface area contributed by atoms with Crippen LogP contribution in [0.1, 0.15) is 36.8 Å². The van der Waals surface area contributed by atoms with Gasteiger partial charge >= 0.3 is 0 Å². The van der Waals surface area contributed by atoms with Crippen LogP contribution < -0.4 is 10.1 Å². The monoisotopic (exact) mass is 290 g/mol. The minimum absolute atomic E-state index is 0.331. The molecule has 20 heavy (non-hydrogen) atoms. The highest BCUT2D eigenvalue weighted by molar-refractivity contribution is 7.09. The van der Waals surface area contributed by atoms with Gasteiger partial charge in [-0.3, -0.25) is 0 Å². The topological polar surface area (TPSA) is 34.2 Å². The van der Waals surface area contributed by atoms with Crippen molar-refractivity contribution in [2.75, 3.05) is 13.2 Å². The van der Waals surface area contributed by atoms with Crippen molar-refractivity contribution in [1.82, 2.24) is 10.3 Å². The molecule has 0 aliphatic heterocycles. The van der Waals surface area contributed by atoms with E-state index >= 15 is 0 Å². The molecule has 1 N–H and O–H groups in total. The summed E-state index contributed by atoms with van der Waals surface area (Å²) in [7, 11) is 0. The summed E-state index contributed by atoms with van der Waals surface area (Å²) in [5.41, 5.74) is 1.22. The van der Waals surface area contributed by atoms with E-state index in [4.69, 9.17) is 4.74 Å². The van der Waals surface area contributed by atoms with Crippen LogP contribution in [0.25, 0.3) is 0 Å². The first-order valence-corrected chi connectivity index (χ1v) is 8.02. The molecule has 2 aromatic rings. The zero-order chi connectivity index (χ0) is 14.2. The Labute approximate surface area is 125 Å². The van der Waals surface area contributed by atoms with Crippen molar-refractivity contribution in [3.8, 4) is 5.88 Å². The number of hydrogen-bond donors (Lipinski definition) is 1. The zero-order valence-electron chi connectivity index (χ0n) is 12.1. The number of aromatic nitrogens is 1. The molecular formula is C16H22N2OS. The normalized spacial score (nSPS) is 12.3. The van der Waals surface area contributed by atoms with E-state index in [9.17, 15) is 0 Å². The van der Waals surface area contributed by atoms with Gasteiger partial charge in [0.05, 0.1) is 6.61 Å². The van der Waals surface area contributed by atoms with E-state index in [0.29, 0.717) is 18.5 Å². The first-order chi connectivity index (χ1) is 9.79. The van der Waals surface area contributed by atoms with Crippen molar-refractivity contribution in [3.63, 3.8) is 0 Å². The number of nitrogens with zero attached hydrogens (tertiary/aromatic N) is 1. The summed E-state index contributed by atoms with van der Waals surface area (Å²) in [5.74, 6) is 0.712. The second kappa shape index (κ2) is 8.02. The van der Waals surface area contributed by atoms with E-state index in [1.54, 1.807) is 11.3 Å². The van der Waals surface area contributed by atoms with E-state index in [-0.39, 0.29) is 0 Å². The maximum Gasteiger partial charge on any atom is 0.213 e. The van der Waals surface area contributed by atoms with Gasteiger partial charge in [-0.1, -0.05) is 13.0 Å². The van der Waals surface area contributed by atoms with Gasteiger partial charge in [-0.2, -0.15) is 0 Å². The number of rotatable bonds is 8. The molecule has 0 amide bonds. The smallest absolute Gasteiger partial charge is 0.213 e. The summed E-state index contributed by atoms with van der Waals surface area (Å²) in [5, 5.41) is 5.57. The Kier molecular flexibility index (Phi) is 6.02. The van der Waals surface area contributed by atoms with Gasteiger partial charge in [0.25, 0.3) is 0 Å². The standard InChI is InChI=1S/C16H22N2OS/c1-3-8-17-13(2)14-6-9-18-16(12-14)19-10-7-15-5-4-11-20-15/h4-6,9,11-13,17H,3,7-8,10H2,1-2H3. The summed E-state index contributed by atoms with van der Waals surface area (Å²) in [6.45, 7) is 6.04. The number of hydrogen-bond acceptors (Lipinski definition) is 4. The second-order valence-corrected chi connectivity index (χ2v) is 5.81. The number of pyridine rings is 1. The van der Waals surface area contributed by atoms with Crippen molar-refractivity contribution < 1.29 is 4.74 Å². The molecule has 0 aliphatic rings. The molecule has 2 aromatic heterocycles. The van der Waals surface area contributed by atoms with Crippen molar-refractivity contribution in [3.05, 3.63) is 46.3 Å². The molecule has 0 saturated carbocycles. The average molecular weight is 290 g/mol. The Morgan fingerprint density at radius 1 is 1.40 bits per heavy atom. The molecule has 2 heterocycles. The molecule has 108 valence electrons. The molecule has 2 rings (SSSR count). The first-order valence-electron chi connectivity index (χ1n) is 7.14. The lowest BCUT2D eigenvalue weighted by atomic mass is 10.1. The van der Waals surface area contributed by atoms with Crippen LogP contribution in [0.3, 0.4) is 0 Å². The van der Waals surface area contributed by atoms with E-state index in [1.165, 1.54) is 10.4 Å². The van der Waals surface area contributed by atoms with Crippen LogP contribution in [0, 0.1) is 0 Å². The molecule has 1 atom stereocenters. The van der Waals surface area contributed by atoms with E-state index in [0.717, 1.165) is 19.4 Å². The minimum Gasteiger partial charge on any atom is -0.477 e. The molecule has 0 saturated heterocycles. The van der Waals surface area contributed by atoms with Gasteiger partial charge in [-0.05, 0) is 43.0 Å². The van der Waals surface area contributed by atoms with E-state index < -0.39 is 0 Å². The molecular weight excluding hydrogens is 268 g/mol. The third kappa shape index (κ3) is 4.62. The highest BCUT2D eigenvalue weighted by Crippen LogP contribution is 2.17. The SMILES string of the molecule is CCCNC(C)c1ccnc(OCCc2cccs2)c1.